The minimum Gasteiger partial charge on any atom is -0.493 e. The van der Waals surface area contributed by atoms with E-state index in [4.69, 9.17) is 10.5 Å². The van der Waals surface area contributed by atoms with Crippen molar-refractivity contribution in [1.29, 1.82) is 0 Å². The van der Waals surface area contributed by atoms with E-state index in [1.54, 1.807) is 6.20 Å². The van der Waals surface area contributed by atoms with E-state index < -0.39 is 0 Å². The van der Waals surface area contributed by atoms with Crippen LogP contribution < -0.4 is 10.5 Å². The zero-order valence-electron chi connectivity index (χ0n) is 11.5. The Balaban J connectivity index is 1.93. The molecular formula is C16H20N2O. The van der Waals surface area contributed by atoms with Crippen LogP contribution in [0.4, 0.5) is 0 Å². The average Bonchev–Trinajstić information content (AvgIpc) is 2.41. The van der Waals surface area contributed by atoms with Crippen molar-refractivity contribution in [2.45, 2.75) is 26.3 Å². The van der Waals surface area contributed by atoms with E-state index in [-0.39, 0.29) is 6.04 Å². The van der Waals surface area contributed by atoms with E-state index in [0.29, 0.717) is 6.61 Å². The van der Waals surface area contributed by atoms with Gasteiger partial charge >= 0.3 is 0 Å². The Hall–Kier alpha value is -1.87. The molecule has 2 rings (SSSR count). The van der Waals surface area contributed by atoms with Gasteiger partial charge in [-0.3, -0.25) is 4.98 Å². The highest BCUT2D eigenvalue weighted by Gasteiger charge is 2.04. The zero-order chi connectivity index (χ0) is 13.7. The molecule has 0 aliphatic carbocycles. The van der Waals surface area contributed by atoms with Gasteiger partial charge < -0.3 is 10.5 Å². The molecule has 2 aromatic rings. The van der Waals surface area contributed by atoms with Crippen molar-refractivity contribution in [3.8, 4) is 5.75 Å². The molecule has 0 saturated heterocycles. The summed E-state index contributed by atoms with van der Waals surface area (Å²) in [5, 5.41) is 0. The smallest absolute Gasteiger partial charge is 0.122 e. The predicted molar refractivity (Wildman–Crippen MR) is 77.2 cm³/mol. The molecule has 100 valence electrons. The summed E-state index contributed by atoms with van der Waals surface area (Å²) in [4.78, 5) is 4.27. The molecule has 19 heavy (non-hydrogen) atoms. The van der Waals surface area contributed by atoms with Gasteiger partial charge in [0.05, 0.1) is 6.61 Å². The predicted octanol–water partition coefficient (Wildman–Crippen LogP) is 3.03. The third-order valence-corrected chi connectivity index (χ3v) is 3.07. The van der Waals surface area contributed by atoms with Crippen LogP contribution in [0.2, 0.25) is 0 Å². The van der Waals surface area contributed by atoms with Crippen LogP contribution in [-0.2, 0) is 6.42 Å². The monoisotopic (exact) mass is 256 g/mol. The van der Waals surface area contributed by atoms with E-state index in [2.05, 4.69) is 11.1 Å². The van der Waals surface area contributed by atoms with Crippen molar-refractivity contribution in [3.63, 3.8) is 0 Å². The second kappa shape index (κ2) is 6.34. The Labute approximate surface area is 114 Å². The van der Waals surface area contributed by atoms with Crippen LogP contribution >= 0.6 is 0 Å². The van der Waals surface area contributed by atoms with E-state index in [1.165, 1.54) is 0 Å². The first-order valence-electron chi connectivity index (χ1n) is 6.55. The highest BCUT2D eigenvalue weighted by atomic mass is 16.5. The number of aromatic nitrogens is 1. The lowest BCUT2D eigenvalue weighted by Gasteiger charge is -2.12. The van der Waals surface area contributed by atoms with E-state index in [0.717, 1.165) is 29.0 Å². The quantitative estimate of drug-likeness (QED) is 0.894. The third-order valence-electron chi connectivity index (χ3n) is 3.07. The van der Waals surface area contributed by atoms with Gasteiger partial charge in [0.2, 0.25) is 0 Å². The summed E-state index contributed by atoms with van der Waals surface area (Å²) >= 11 is 0. The minimum atomic E-state index is 0.0567. The normalized spacial score (nSPS) is 12.2. The molecule has 1 heterocycles. The first kappa shape index (κ1) is 13.6. The van der Waals surface area contributed by atoms with Gasteiger partial charge in [-0.2, -0.15) is 0 Å². The summed E-state index contributed by atoms with van der Waals surface area (Å²) in [6.07, 6.45) is 2.62. The average molecular weight is 256 g/mol. The van der Waals surface area contributed by atoms with Crippen LogP contribution in [0.5, 0.6) is 5.75 Å². The molecular weight excluding hydrogens is 236 g/mol. The fraction of sp³-hybridized carbons (Fsp3) is 0.312. The first-order chi connectivity index (χ1) is 9.16. The molecule has 0 fully saturated rings. The molecule has 0 aliphatic rings. The number of nitrogens with two attached hydrogens (primary N) is 1. The second-order valence-electron chi connectivity index (χ2n) is 4.73. The van der Waals surface area contributed by atoms with Gasteiger partial charge in [0.1, 0.15) is 5.75 Å². The largest absolute Gasteiger partial charge is 0.493 e. The van der Waals surface area contributed by atoms with Gasteiger partial charge in [0.15, 0.2) is 0 Å². The van der Waals surface area contributed by atoms with Gasteiger partial charge in [-0.25, -0.2) is 0 Å². The van der Waals surface area contributed by atoms with E-state index in [1.807, 2.05) is 44.2 Å². The first-order valence-corrected chi connectivity index (χ1v) is 6.55. The fourth-order valence-electron chi connectivity index (χ4n) is 1.93. The van der Waals surface area contributed by atoms with Crippen LogP contribution in [0.3, 0.4) is 0 Å². The van der Waals surface area contributed by atoms with E-state index in [9.17, 15) is 0 Å². The molecule has 3 heteroatoms. The standard InChI is InChI=1S/C16H20N2O/c1-12-11-14(13(2)17)6-7-16(12)19-10-8-15-5-3-4-9-18-15/h3-7,9,11,13H,8,10,17H2,1-2H3. The van der Waals surface area contributed by atoms with Crippen LogP contribution in [0.15, 0.2) is 42.6 Å². The zero-order valence-corrected chi connectivity index (χ0v) is 11.5. The third kappa shape index (κ3) is 3.80. The van der Waals surface area contributed by atoms with Crippen molar-refractivity contribution in [1.82, 2.24) is 4.98 Å². The Morgan fingerprint density at radius 3 is 2.74 bits per heavy atom. The summed E-state index contributed by atoms with van der Waals surface area (Å²) in [7, 11) is 0. The van der Waals surface area contributed by atoms with Crippen LogP contribution in [-0.4, -0.2) is 11.6 Å². The molecule has 0 saturated carbocycles. The molecule has 0 spiro atoms. The van der Waals surface area contributed by atoms with Crippen LogP contribution in [0.1, 0.15) is 29.8 Å². The Morgan fingerprint density at radius 2 is 2.11 bits per heavy atom. The molecule has 1 atom stereocenters. The molecule has 0 amide bonds. The summed E-state index contributed by atoms with van der Waals surface area (Å²) in [6, 6.07) is 12.1. The minimum absolute atomic E-state index is 0.0567. The van der Waals surface area contributed by atoms with Gasteiger partial charge in [-0.05, 0) is 43.2 Å². The number of hydrogen-bond acceptors (Lipinski definition) is 3. The Bertz CT molecular complexity index is 524. The van der Waals surface area contributed by atoms with Crippen molar-refractivity contribution < 1.29 is 4.74 Å². The lowest BCUT2D eigenvalue weighted by molar-refractivity contribution is 0.318. The van der Waals surface area contributed by atoms with E-state index >= 15 is 0 Å². The highest BCUT2D eigenvalue weighted by molar-refractivity contribution is 5.37. The van der Waals surface area contributed by atoms with Crippen molar-refractivity contribution in [3.05, 3.63) is 59.4 Å². The molecule has 1 unspecified atom stereocenters. The number of pyridine rings is 1. The lowest BCUT2D eigenvalue weighted by atomic mass is 10.1. The van der Waals surface area contributed by atoms with Gasteiger partial charge in [0, 0.05) is 24.4 Å². The van der Waals surface area contributed by atoms with Crippen molar-refractivity contribution >= 4 is 0 Å². The summed E-state index contributed by atoms with van der Waals surface area (Å²) in [5.41, 5.74) is 9.16. The number of ether oxygens (including phenoxy) is 1. The van der Waals surface area contributed by atoms with Crippen molar-refractivity contribution in [2.75, 3.05) is 6.61 Å². The van der Waals surface area contributed by atoms with Crippen LogP contribution in [0, 0.1) is 6.92 Å². The van der Waals surface area contributed by atoms with Crippen molar-refractivity contribution in [2.24, 2.45) is 5.73 Å². The second-order valence-corrected chi connectivity index (χ2v) is 4.73. The number of aryl methyl sites for hydroxylation is 1. The molecule has 1 aromatic heterocycles. The lowest BCUT2D eigenvalue weighted by Crippen LogP contribution is -2.07. The molecule has 0 aliphatic heterocycles. The SMILES string of the molecule is Cc1cc(C(C)N)ccc1OCCc1ccccn1. The Morgan fingerprint density at radius 1 is 1.26 bits per heavy atom. The summed E-state index contributed by atoms with van der Waals surface area (Å²) in [6.45, 7) is 4.66. The number of hydrogen-bond donors (Lipinski definition) is 1. The maximum Gasteiger partial charge on any atom is 0.122 e. The topological polar surface area (TPSA) is 48.1 Å². The maximum atomic E-state index is 5.86. The molecule has 2 N–H and O–H groups in total. The number of rotatable bonds is 5. The molecule has 1 aromatic carbocycles. The fourth-order valence-corrected chi connectivity index (χ4v) is 1.93. The molecule has 0 bridgehead atoms. The van der Waals surface area contributed by atoms with Gasteiger partial charge in [-0.1, -0.05) is 18.2 Å². The molecule has 3 nitrogen and oxygen atoms in total. The summed E-state index contributed by atoms with van der Waals surface area (Å²) < 4.78 is 5.79. The van der Waals surface area contributed by atoms with Gasteiger partial charge in [-0.15, -0.1) is 0 Å². The molecule has 0 radical (unpaired) electrons. The van der Waals surface area contributed by atoms with Gasteiger partial charge in [0.25, 0.3) is 0 Å². The highest BCUT2D eigenvalue weighted by Crippen LogP contribution is 2.21. The number of benzene rings is 1. The Kier molecular flexibility index (Phi) is 4.53. The maximum absolute atomic E-state index is 5.86. The number of nitrogens with zero attached hydrogens (tertiary/aromatic N) is 1. The summed E-state index contributed by atoms with van der Waals surface area (Å²) in [5.74, 6) is 0.917. The van der Waals surface area contributed by atoms with Crippen LogP contribution in [0.25, 0.3) is 0 Å².